The van der Waals surface area contributed by atoms with Gasteiger partial charge in [0.25, 0.3) is 5.69 Å². The van der Waals surface area contributed by atoms with Gasteiger partial charge in [0.1, 0.15) is 0 Å². The molecule has 6 nitrogen and oxygen atoms in total. The molecule has 1 aliphatic heterocycles. The molecule has 1 fully saturated rings. The number of hydrogen-bond donors (Lipinski definition) is 1. The monoisotopic (exact) mass is 343 g/mol. The third kappa shape index (κ3) is 2.83. The van der Waals surface area contributed by atoms with Crippen LogP contribution in [0.1, 0.15) is 18.4 Å². The quantitative estimate of drug-likeness (QED) is 0.670. The molecule has 0 atom stereocenters. The third-order valence-corrected chi connectivity index (χ3v) is 4.60. The predicted octanol–water partition coefficient (Wildman–Crippen LogP) is 2.78. The number of nitrogens with zero attached hydrogens (tertiary/aromatic N) is 1. The maximum Gasteiger partial charge on any atom is 0.310 e. The van der Waals surface area contributed by atoms with E-state index in [0.29, 0.717) is 36.1 Å². The van der Waals surface area contributed by atoms with Gasteiger partial charge in [-0.2, -0.15) is 0 Å². The minimum atomic E-state index is -0.907. The van der Waals surface area contributed by atoms with Gasteiger partial charge >= 0.3 is 5.97 Å². The van der Waals surface area contributed by atoms with E-state index in [-0.39, 0.29) is 12.1 Å². The molecule has 20 heavy (non-hydrogen) atoms. The fraction of sp³-hybridized carbons (Fsp3) is 0.462. The third-order valence-electron chi connectivity index (χ3n) is 3.69. The summed E-state index contributed by atoms with van der Waals surface area (Å²) in [7, 11) is 0. The Morgan fingerprint density at radius 1 is 1.45 bits per heavy atom. The first-order valence-electron chi connectivity index (χ1n) is 6.19. The van der Waals surface area contributed by atoms with Gasteiger partial charge in [-0.25, -0.2) is 0 Å². The molecule has 1 saturated heterocycles. The number of hydrogen-bond acceptors (Lipinski definition) is 4. The molecule has 0 unspecified atom stereocenters. The molecule has 0 bridgehead atoms. The lowest BCUT2D eigenvalue weighted by Crippen LogP contribution is -2.39. The van der Waals surface area contributed by atoms with Gasteiger partial charge < -0.3 is 9.84 Å². The second kappa shape index (κ2) is 5.88. The fourth-order valence-electron chi connectivity index (χ4n) is 2.44. The highest BCUT2D eigenvalue weighted by molar-refractivity contribution is 9.10. The standard InChI is InChI=1S/C13H14BrNO5/c14-11-9(2-1-3-10(11)15(18)19)8-13(12(16)17)4-6-20-7-5-13/h1-3H,4-8H2,(H,16,17). The van der Waals surface area contributed by atoms with Crippen LogP contribution in [0.4, 0.5) is 5.69 Å². The highest BCUT2D eigenvalue weighted by Crippen LogP contribution is 2.38. The molecule has 1 aromatic rings. The molecular formula is C13H14BrNO5. The SMILES string of the molecule is O=C(O)C1(Cc2cccc([N+](=O)[O-])c2Br)CCOCC1. The Morgan fingerprint density at radius 3 is 2.65 bits per heavy atom. The Balaban J connectivity index is 2.34. The average Bonchev–Trinajstić information content (AvgIpc) is 2.41. The summed E-state index contributed by atoms with van der Waals surface area (Å²) in [5.41, 5.74) is -0.311. The topological polar surface area (TPSA) is 89.7 Å². The molecular weight excluding hydrogens is 330 g/mol. The largest absolute Gasteiger partial charge is 0.481 e. The van der Waals surface area contributed by atoms with Crippen molar-refractivity contribution in [2.75, 3.05) is 13.2 Å². The van der Waals surface area contributed by atoms with Crippen LogP contribution in [0, 0.1) is 15.5 Å². The zero-order valence-electron chi connectivity index (χ0n) is 10.7. The summed E-state index contributed by atoms with van der Waals surface area (Å²) in [6.07, 6.45) is 1.09. The number of carbonyl (C=O) groups is 1. The molecule has 0 radical (unpaired) electrons. The van der Waals surface area contributed by atoms with Crippen LogP contribution < -0.4 is 0 Å². The Bertz CT molecular complexity index is 540. The molecule has 1 aromatic carbocycles. The molecule has 0 spiro atoms. The van der Waals surface area contributed by atoms with Crippen molar-refractivity contribution >= 4 is 27.6 Å². The summed E-state index contributed by atoms with van der Waals surface area (Å²) < 4.78 is 5.58. The van der Waals surface area contributed by atoms with E-state index in [1.807, 2.05) is 0 Å². The van der Waals surface area contributed by atoms with Crippen LogP contribution in [0.2, 0.25) is 0 Å². The maximum absolute atomic E-state index is 11.6. The number of carboxylic acid groups (broad SMARTS) is 1. The summed E-state index contributed by atoms with van der Waals surface area (Å²) in [4.78, 5) is 22.0. The highest BCUT2D eigenvalue weighted by atomic mass is 79.9. The zero-order chi connectivity index (χ0) is 14.8. The second-order valence-electron chi connectivity index (χ2n) is 4.88. The van der Waals surface area contributed by atoms with Gasteiger partial charge in [-0.1, -0.05) is 12.1 Å². The van der Waals surface area contributed by atoms with Gasteiger partial charge in [-0.15, -0.1) is 0 Å². The van der Waals surface area contributed by atoms with E-state index in [1.165, 1.54) is 6.07 Å². The second-order valence-corrected chi connectivity index (χ2v) is 5.67. The van der Waals surface area contributed by atoms with Gasteiger partial charge in [-0.3, -0.25) is 14.9 Å². The first-order valence-corrected chi connectivity index (χ1v) is 6.98. The van der Waals surface area contributed by atoms with E-state index in [0.717, 1.165) is 0 Å². The summed E-state index contributed by atoms with van der Waals surface area (Å²) in [5.74, 6) is -0.876. The van der Waals surface area contributed by atoms with Gasteiger partial charge in [0, 0.05) is 19.3 Å². The number of nitro benzene ring substituents is 1. The number of nitro groups is 1. The van der Waals surface area contributed by atoms with Crippen LogP contribution in [-0.4, -0.2) is 29.2 Å². The van der Waals surface area contributed by atoms with E-state index in [4.69, 9.17) is 4.74 Å². The number of benzene rings is 1. The Morgan fingerprint density at radius 2 is 2.10 bits per heavy atom. The molecule has 1 aliphatic rings. The van der Waals surface area contributed by atoms with E-state index in [9.17, 15) is 20.0 Å². The van der Waals surface area contributed by atoms with Crippen molar-refractivity contribution in [1.29, 1.82) is 0 Å². The Hall–Kier alpha value is -1.47. The molecule has 0 aromatic heterocycles. The van der Waals surface area contributed by atoms with E-state index in [1.54, 1.807) is 12.1 Å². The first kappa shape index (κ1) is 14.9. The number of carboxylic acids is 1. The smallest absolute Gasteiger partial charge is 0.310 e. The van der Waals surface area contributed by atoms with E-state index >= 15 is 0 Å². The predicted molar refractivity (Wildman–Crippen MR) is 74.6 cm³/mol. The number of halogens is 1. The van der Waals surface area contributed by atoms with Crippen molar-refractivity contribution in [3.63, 3.8) is 0 Å². The van der Waals surface area contributed by atoms with Crippen molar-refractivity contribution in [3.05, 3.63) is 38.3 Å². The van der Waals surface area contributed by atoms with Crippen molar-refractivity contribution in [1.82, 2.24) is 0 Å². The minimum absolute atomic E-state index is 0.0462. The average molecular weight is 344 g/mol. The van der Waals surface area contributed by atoms with Crippen LogP contribution in [0.5, 0.6) is 0 Å². The number of ether oxygens (including phenoxy) is 1. The molecule has 0 amide bonds. The van der Waals surface area contributed by atoms with Crippen LogP contribution in [0.25, 0.3) is 0 Å². The van der Waals surface area contributed by atoms with Crippen LogP contribution in [0.15, 0.2) is 22.7 Å². The molecule has 1 N–H and O–H groups in total. The van der Waals surface area contributed by atoms with E-state index in [2.05, 4.69) is 15.9 Å². The Labute approximate surface area is 124 Å². The summed E-state index contributed by atoms with van der Waals surface area (Å²) in [5, 5.41) is 20.4. The lowest BCUT2D eigenvalue weighted by atomic mass is 9.75. The van der Waals surface area contributed by atoms with Gasteiger partial charge in [0.05, 0.1) is 14.8 Å². The van der Waals surface area contributed by atoms with Crippen molar-refractivity contribution < 1.29 is 19.6 Å². The van der Waals surface area contributed by atoms with Crippen LogP contribution >= 0.6 is 15.9 Å². The Kier molecular flexibility index (Phi) is 4.39. The summed E-state index contributed by atoms with van der Waals surface area (Å²) >= 11 is 3.22. The maximum atomic E-state index is 11.6. The van der Waals surface area contributed by atoms with Crippen molar-refractivity contribution in [2.24, 2.45) is 5.41 Å². The van der Waals surface area contributed by atoms with Gasteiger partial charge in [0.15, 0.2) is 0 Å². The van der Waals surface area contributed by atoms with Crippen molar-refractivity contribution in [3.8, 4) is 0 Å². The fourth-order valence-corrected chi connectivity index (χ4v) is 2.99. The molecule has 1 heterocycles. The molecule has 0 aliphatic carbocycles. The molecule has 0 saturated carbocycles. The lowest BCUT2D eigenvalue weighted by molar-refractivity contribution is -0.385. The zero-order valence-corrected chi connectivity index (χ0v) is 12.3. The summed E-state index contributed by atoms with van der Waals surface area (Å²) in [6.45, 7) is 0.803. The number of aliphatic carboxylic acids is 1. The van der Waals surface area contributed by atoms with Gasteiger partial charge in [-0.05, 0) is 40.8 Å². The number of rotatable bonds is 4. The first-order chi connectivity index (χ1) is 9.46. The normalized spacial score (nSPS) is 17.6. The molecule has 2 rings (SSSR count). The van der Waals surface area contributed by atoms with Gasteiger partial charge in [0.2, 0.25) is 0 Å². The lowest BCUT2D eigenvalue weighted by Gasteiger charge is -2.33. The molecule has 7 heteroatoms. The van der Waals surface area contributed by atoms with Crippen LogP contribution in [0.3, 0.4) is 0 Å². The van der Waals surface area contributed by atoms with E-state index < -0.39 is 16.3 Å². The summed E-state index contributed by atoms with van der Waals surface area (Å²) in [6, 6.07) is 4.69. The molecule has 108 valence electrons. The highest BCUT2D eigenvalue weighted by Gasteiger charge is 2.41. The van der Waals surface area contributed by atoms with Crippen LogP contribution in [-0.2, 0) is 16.0 Å². The van der Waals surface area contributed by atoms with Crippen molar-refractivity contribution in [2.45, 2.75) is 19.3 Å². The minimum Gasteiger partial charge on any atom is -0.481 e.